The smallest absolute Gasteiger partial charge is 0.410 e. The first-order chi connectivity index (χ1) is 14.0. The third-order valence-corrected chi connectivity index (χ3v) is 5.98. The summed E-state index contributed by atoms with van der Waals surface area (Å²) >= 11 is 0. The van der Waals surface area contributed by atoms with Crippen molar-refractivity contribution in [2.24, 2.45) is 5.92 Å². The molecule has 2 saturated heterocycles. The van der Waals surface area contributed by atoms with E-state index in [1.54, 1.807) is 6.92 Å². The molecule has 0 radical (unpaired) electrons. The van der Waals surface area contributed by atoms with E-state index in [-0.39, 0.29) is 24.1 Å². The molecule has 2 aromatic rings. The van der Waals surface area contributed by atoms with Gasteiger partial charge in [-0.15, -0.1) is 0 Å². The van der Waals surface area contributed by atoms with Crippen LogP contribution in [0, 0.1) is 12.8 Å². The molecule has 4 rings (SSSR count). The average molecular weight is 397 g/mol. The van der Waals surface area contributed by atoms with E-state index in [2.05, 4.69) is 19.0 Å². The van der Waals surface area contributed by atoms with Crippen molar-refractivity contribution < 1.29 is 18.8 Å². The number of benzene rings is 1. The second-order valence-corrected chi connectivity index (χ2v) is 8.15. The SMILES string of the molecule is Cc1onc(-c2ccccc2)c1C(=O)N1CCC(N2C(=O)OCC2C(C)C)CC1. The first-order valence-electron chi connectivity index (χ1n) is 10.2. The molecule has 2 amide bonds. The van der Waals surface area contributed by atoms with E-state index in [1.807, 2.05) is 40.1 Å². The number of hydrogen-bond acceptors (Lipinski definition) is 5. The van der Waals surface area contributed by atoms with Crippen LogP contribution in [0.1, 0.15) is 42.8 Å². The summed E-state index contributed by atoms with van der Waals surface area (Å²) in [5, 5.41) is 4.13. The molecule has 154 valence electrons. The number of aryl methyl sites for hydroxylation is 1. The Morgan fingerprint density at radius 2 is 1.86 bits per heavy atom. The molecule has 2 fully saturated rings. The van der Waals surface area contributed by atoms with Crippen molar-refractivity contribution in [3.8, 4) is 11.3 Å². The summed E-state index contributed by atoms with van der Waals surface area (Å²) < 4.78 is 10.6. The van der Waals surface area contributed by atoms with Crippen molar-refractivity contribution in [2.45, 2.75) is 45.7 Å². The van der Waals surface area contributed by atoms with E-state index in [0.717, 1.165) is 18.4 Å². The first-order valence-corrected chi connectivity index (χ1v) is 10.2. The molecule has 7 nitrogen and oxygen atoms in total. The van der Waals surface area contributed by atoms with E-state index in [1.165, 1.54) is 0 Å². The molecular formula is C22H27N3O4. The number of aromatic nitrogens is 1. The van der Waals surface area contributed by atoms with Crippen LogP contribution >= 0.6 is 0 Å². The number of nitrogens with zero attached hydrogens (tertiary/aromatic N) is 3. The number of ether oxygens (including phenoxy) is 1. The van der Waals surface area contributed by atoms with Crippen LogP contribution in [0.25, 0.3) is 11.3 Å². The van der Waals surface area contributed by atoms with Gasteiger partial charge in [-0.25, -0.2) is 4.79 Å². The minimum atomic E-state index is -0.227. The Bertz CT molecular complexity index is 885. The lowest BCUT2D eigenvalue weighted by molar-refractivity contribution is 0.0619. The third-order valence-electron chi connectivity index (χ3n) is 5.98. The predicted molar refractivity (Wildman–Crippen MR) is 107 cm³/mol. The second-order valence-electron chi connectivity index (χ2n) is 8.15. The van der Waals surface area contributed by atoms with Gasteiger partial charge in [0.05, 0.1) is 6.04 Å². The van der Waals surface area contributed by atoms with E-state index in [9.17, 15) is 9.59 Å². The van der Waals surface area contributed by atoms with Gasteiger partial charge in [-0.1, -0.05) is 49.3 Å². The summed E-state index contributed by atoms with van der Waals surface area (Å²) in [7, 11) is 0. The lowest BCUT2D eigenvalue weighted by atomic mass is 9.97. The topological polar surface area (TPSA) is 75.9 Å². The zero-order valence-electron chi connectivity index (χ0n) is 17.1. The van der Waals surface area contributed by atoms with E-state index in [0.29, 0.717) is 42.6 Å². The largest absolute Gasteiger partial charge is 0.447 e. The molecule has 1 atom stereocenters. The van der Waals surface area contributed by atoms with Crippen LogP contribution in [-0.4, -0.2) is 58.7 Å². The van der Waals surface area contributed by atoms with Crippen LogP contribution in [0.2, 0.25) is 0 Å². The van der Waals surface area contributed by atoms with Gasteiger partial charge >= 0.3 is 6.09 Å². The highest BCUT2D eigenvalue weighted by Gasteiger charge is 2.41. The average Bonchev–Trinajstić information content (AvgIpc) is 3.31. The maximum absolute atomic E-state index is 13.3. The van der Waals surface area contributed by atoms with Crippen LogP contribution in [0.4, 0.5) is 4.79 Å². The van der Waals surface area contributed by atoms with Gasteiger partial charge < -0.3 is 14.2 Å². The normalized spacial score (nSPS) is 20.4. The van der Waals surface area contributed by atoms with Crippen molar-refractivity contribution in [3.63, 3.8) is 0 Å². The van der Waals surface area contributed by atoms with Crippen molar-refractivity contribution in [1.82, 2.24) is 15.0 Å². The number of cyclic esters (lactones) is 1. The number of carbonyl (C=O) groups excluding carboxylic acids is 2. The standard InChI is InChI=1S/C22H27N3O4/c1-14(2)18-13-28-22(27)25(18)17-9-11-24(12-10-17)21(26)19-15(3)29-23-20(19)16-7-5-4-6-8-16/h4-8,14,17-18H,9-13H2,1-3H3. The van der Waals surface area contributed by atoms with Crippen molar-refractivity contribution in [2.75, 3.05) is 19.7 Å². The Morgan fingerprint density at radius 3 is 2.52 bits per heavy atom. The minimum Gasteiger partial charge on any atom is -0.447 e. The zero-order valence-corrected chi connectivity index (χ0v) is 17.1. The van der Waals surface area contributed by atoms with Crippen LogP contribution in [0.3, 0.4) is 0 Å². The molecule has 7 heteroatoms. The Hall–Kier alpha value is -2.83. The summed E-state index contributed by atoms with van der Waals surface area (Å²) in [5.41, 5.74) is 1.97. The van der Waals surface area contributed by atoms with Gasteiger partial charge in [0.15, 0.2) is 0 Å². The molecule has 1 unspecified atom stereocenters. The molecule has 2 aliphatic heterocycles. The van der Waals surface area contributed by atoms with Gasteiger partial charge in [0.1, 0.15) is 23.6 Å². The fraction of sp³-hybridized carbons (Fsp3) is 0.500. The lowest BCUT2D eigenvalue weighted by Crippen LogP contribution is -2.51. The summed E-state index contributed by atoms with van der Waals surface area (Å²) in [6.45, 7) is 7.63. The first kappa shape index (κ1) is 19.5. The summed E-state index contributed by atoms with van der Waals surface area (Å²) in [6, 6.07) is 9.82. The number of hydrogen-bond donors (Lipinski definition) is 0. The molecule has 0 saturated carbocycles. The minimum absolute atomic E-state index is 0.0644. The Morgan fingerprint density at radius 1 is 1.17 bits per heavy atom. The van der Waals surface area contributed by atoms with Crippen molar-refractivity contribution in [1.29, 1.82) is 0 Å². The van der Waals surface area contributed by atoms with Gasteiger partial charge in [-0.3, -0.25) is 9.69 Å². The molecule has 0 spiro atoms. The van der Waals surface area contributed by atoms with Crippen LogP contribution in [0.15, 0.2) is 34.9 Å². The zero-order chi connectivity index (χ0) is 20.5. The number of piperidine rings is 1. The highest BCUT2D eigenvalue weighted by Crippen LogP contribution is 2.30. The molecular weight excluding hydrogens is 370 g/mol. The molecule has 0 N–H and O–H groups in total. The molecule has 3 heterocycles. The molecule has 0 bridgehead atoms. The molecule has 2 aliphatic rings. The van der Waals surface area contributed by atoms with E-state index >= 15 is 0 Å². The summed E-state index contributed by atoms with van der Waals surface area (Å²) in [6.07, 6.45) is 1.26. The van der Waals surface area contributed by atoms with Crippen LogP contribution in [-0.2, 0) is 4.74 Å². The Kier molecular flexibility index (Phi) is 5.30. The monoisotopic (exact) mass is 397 g/mol. The third kappa shape index (κ3) is 3.61. The number of likely N-dealkylation sites (tertiary alicyclic amines) is 1. The van der Waals surface area contributed by atoms with E-state index < -0.39 is 0 Å². The summed E-state index contributed by atoms with van der Waals surface area (Å²) in [4.78, 5) is 29.2. The fourth-order valence-corrected chi connectivity index (χ4v) is 4.30. The molecule has 1 aromatic carbocycles. The summed E-state index contributed by atoms with van der Waals surface area (Å²) in [5.74, 6) is 0.804. The lowest BCUT2D eigenvalue weighted by Gasteiger charge is -2.38. The van der Waals surface area contributed by atoms with Gasteiger partial charge in [-0.2, -0.15) is 0 Å². The molecule has 29 heavy (non-hydrogen) atoms. The van der Waals surface area contributed by atoms with Gasteiger partial charge in [0.25, 0.3) is 5.91 Å². The van der Waals surface area contributed by atoms with Crippen molar-refractivity contribution in [3.05, 3.63) is 41.7 Å². The highest BCUT2D eigenvalue weighted by molar-refractivity contribution is 6.00. The maximum atomic E-state index is 13.3. The predicted octanol–water partition coefficient (Wildman–Crippen LogP) is 3.73. The van der Waals surface area contributed by atoms with Crippen molar-refractivity contribution >= 4 is 12.0 Å². The maximum Gasteiger partial charge on any atom is 0.410 e. The van der Waals surface area contributed by atoms with Crippen LogP contribution in [0.5, 0.6) is 0 Å². The van der Waals surface area contributed by atoms with Crippen LogP contribution < -0.4 is 0 Å². The van der Waals surface area contributed by atoms with E-state index in [4.69, 9.17) is 9.26 Å². The highest BCUT2D eigenvalue weighted by atomic mass is 16.6. The van der Waals surface area contributed by atoms with Gasteiger partial charge in [0.2, 0.25) is 0 Å². The van der Waals surface area contributed by atoms with Gasteiger partial charge in [-0.05, 0) is 25.7 Å². The number of carbonyl (C=O) groups is 2. The number of amides is 2. The quantitative estimate of drug-likeness (QED) is 0.786. The number of rotatable bonds is 4. The molecule has 1 aromatic heterocycles. The molecule has 0 aliphatic carbocycles. The fourth-order valence-electron chi connectivity index (χ4n) is 4.30. The second kappa shape index (κ2) is 7.89. The Labute approximate surface area is 170 Å². The van der Waals surface area contributed by atoms with Gasteiger partial charge in [0, 0.05) is 24.7 Å². The Balaban J connectivity index is 1.48.